The Morgan fingerprint density at radius 2 is 1.27 bits per heavy atom. The molecule has 2 aromatic carbocycles. The van der Waals surface area contributed by atoms with E-state index in [1.807, 2.05) is 6.07 Å². The molecule has 1 aromatic heterocycles. The molecule has 0 atom stereocenters. The lowest BCUT2D eigenvalue weighted by atomic mass is 10.1. The first kappa shape index (κ1) is 39.5. The van der Waals surface area contributed by atoms with Gasteiger partial charge in [-0.25, -0.2) is 19.2 Å². The van der Waals surface area contributed by atoms with Crippen molar-refractivity contribution in [2.24, 2.45) is 0 Å². The first-order valence-electron chi connectivity index (χ1n) is 15.5. The third-order valence-electron chi connectivity index (χ3n) is 6.42. The SMILES string of the molecule is [C-]#[N+]/C(=C\c1ccc(OCCCCOC(=O)C=C)cc1)C(=O)Sc1ccc(OC(=O)/C(C#N)=C/c2ccc(OCCCCOC(=O)C=C)cc2)s1. The fourth-order valence-electron chi connectivity index (χ4n) is 3.87. The molecule has 0 aliphatic carbocycles. The molecule has 0 aliphatic rings. The molecule has 3 rings (SSSR count). The molecule has 51 heavy (non-hydrogen) atoms. The fraction of sp³-hybridized carbons (Fsp3) is 0.211. The Morgan fingerprint density at radius 3 is 1.76 bits per heavy atom. The van der Waals surface area contributed by atoms with E-state index in [2.05, 4.69) is 18.0 Å². The number of thioether (sulfide) groups is 1. The van der Waals surface area contributed by atoms with Crippen molar-refractivity contribution in [2.75, 3.05) is 26.4 Å². The van der Waals surface area contributed by atoms with Crippen molar-refractivity contribution in [3.63, 3.8) is 0 Å². The van der Waals surface area contributed by atoms with Gasteiger partial charge in [-0.2, -0.15) is 5.26 Å². The number of benzene rings is 2. The summed E-state index contributed by atoms with van der Waals surface area (Å²) in [7, 11) is 0. The number of nitrogens with zero attached hydrogens (tertiary/aromatic N) is 2. The highest BCUT2D eigenvalue weighted by Crippen LogP contribution is 2.35. The summed E-state index contributed by atoms with van der Waals surface area (Å²) < 4.78 is 27.1. The molecular formula is C38H34N2O9S2. The molecule has 13 heteroatoms. The first-order chi connectivity index (χ1) is 24.7. The Balaban J connectivity index is 1.47. The molecule has 0 amide bonds. The summed E-state index contributed by atoms with van der Waals surface area (Å²) in [5.74, 6) is -0.561. The molecule has 0 saturated heterocycles. The van der Waals surface area contributed by atoms with Crippen molar-refractivity contribution >= 4 is 58.3 Å². The predicted molar refractivity (Wildman–Crippen MR) is 194 cm³/mol. The molecule has 0 aliphatic heterocycles. The van der Waals surface area contributed by atoms with Gasteiger partial charge in [-0.1, -0.05) is 48.8 Å². The Bertz CT molecular complexity index is 1700. The van der Waals surface area contributed by atoms with Crippen LogP contribution in [0.5, 0.6) is 16.6 Å². The van der Waals surface area contributed by atoms with Gasteiger partial charge in [0.15, 0.2) is 5.06 Å². The Kier molecular flexibility index (Phi) is 17.0. The van der Waals surface area contributed by atoms with Gasteiger partial charge >= 0.3 is 17.9 Å². The van der Waals surface area contributed by atoms with Gasteiger partial charge < -0.3 is 23.7 Å². The summed E-state index contributed by atoms with van der Waals surface area (Å²) >= 11 is 1.86. The van der Waals surface area contributed by atoms with Crippen molar-refractivity contribution in [1.82, 2.24) is 0 Å². The van der Waals surface area contributed by atoms with Crippen LogP contribution in [0.2, 0.25) is 0 Å². The minimum atomic E-state index is -0.858. The van der Waals surface area contributed by atoms with E-state index >= 15 is 0 Å². The van der Waals surface area contributed by atoms with E-state index in [4.69, 9.17) is 30.3 Å². The maximum atomic E-state index is 12.9. The molecule has 1 heterocycles. The van der Waals surface area contributed by atoms with Crippen LogP contribution in [-0.4, -0.2) is 49.5 Å². The molecule has 0 saturated carbocycles. The average Bonchev–Trinajstić information content (AvgIpc) is 3.59. The fourth-order valence-corrected chi connectivity index (χ4v) is 5.63. The second-order valence-corrected chi connectivity index (χ2v) is 12.5. The highest BCUT2D eigenvalue weighted by molar-refractivity contribution is 8.15. The molecule has 3 aromatic rings. The molecule has 0 spiro atoms. The monoisotopic (exact) mass is 726 g/mol. The van der Waals surface area contributed by atoms with Gasteiger partial charge in [-0.3, -0.25) is 4.79 Å². The van der Waals surface area contributed by atoms with Crippen molar-refractivity contribution in [1.29, 1.82) is 5.26 Å². The summed E-state index contributed by atoms with van der Waals surface area (Å²) in [6.07, 6.45) is 7.75. The number of thiophene rings is 1. The van der Waals surface area contributed by atoms with Gasteiger partial charge in [0.25, 0.3) is 0 Å². The van der Waals surface area contributed by atoms with Gasteiger partial charge in [-0.05, 0) is 97.1 Å². The Morgan fingerprint density at radius 1 is 0.765 bits per heavy atom. The first-order valence-corrected chi connectivity index (χ1v) is 17.2. The van der Waals surface area contributed by atoms with Crippen LogP contribution in [0.15, 0.2) is 101 Å². The summed E-state index contributed by atoms with van der Waals surface area (Å²) in [6, 6.07) is 18.7. The van der Waals surface area contributed by atoms with Crippen molar-refractivity contribution in [2.45, 2.75) is 29.9 Å². The maximum Gasteiger partial charge on any atom is 0.355 e. The molecule has 0 radical (unpaired) electrons. The zero-order valence-electron chi connectivity index (χ0n) is 27.5. The Hall–Kier alpha value is -5.89. The van der Waals surface area contributed by atoms with Crippen LogP contribution in [0.4, 0.5) is 0 Å². The smallest absolute Gasteiger partial charge is 0.355 e. The van der Waals surface area contributed by atoms with Gasteiger partial charge in [0.05, 0.1) is 37.2 Å². The summed E-state index contributed by atoms with van der Waals surface area (Å²) in [5, 5.41) is 9.28. The lowest BCUT2D eigenvalue weighted by molar-refractivity contribution is -0.138. The molecule has 0 fully saturated rings. The summed E-state index contributed by atoms with van der Waals surface area (Å²) in [4.78, 5) is 51.1. The molecule has 0 bridgehead atoms. The van der Waals surface area contributed by atoms with Gasteiger partial charge in [-0.15, -0.1) is 0 Å². The van der Waals surface area contributed by atoms with E-state index < -0.39 is 23.0 Å². The maximum absolute atomic E-state index is 12.9. The lowest BCUT2D eigenvalue weighted by Crippen LogP contribution is -2.09. The van der Waals surface area contributed by atoms with E-state index in [9.17, 15) is 24.4 Å². The van der Waals surface area contributed by atoms with Crippen LogP contribution in [0.25, 0.3) is 17.0 Å². The minimum absolute atomic E-state index is 0.0904. The standard InChI is InChI=1S/C38H34N2O9S2/c1-4-33(41)47-22-8-6-20-45-30-14-10-27(11-15-30)24-29(26-39)37(43)49-35-18-19-36(50-35)51-38(44)32(40-3)25-28-12-16-31(17-13-28)46-21-7-9-23-48-34(42)5-2/h4-5,10-19,24-25H,1-2,6-9,20-23H2/b29-24+,32-25-. The van der Waals surface area contributed by atoms with Crippen LogP contribution in [-0.2, 0) is 28.7 Å². The second-order valence-electron chi connectivity index (χ2n) is 10.2. The van der Waals surface area contributed by atoms with E-state index in [1.54, 1.807) is 54.6 Å². The van der Waals surface area contributed by atoms with Crippen molar-refractivity contribution in [3.8, 4) is 22.6 Å². The normalized spacial score (nSPS) is 10.9. The van der Waals surface area contributed by atoms with Gasteiger partial charge in [0, 0.05) is 12.2 Å². The van der Waals surface area contributed by atoms with E-state index in [0.717, 1.165) is 35.3 Å². The third kappa shape index (κ3) is 14.6. The van der Waals surface area contributed by atoms with Gasteiger partial charge in [0.2, 0.25) is 10.8 Å². The lowest BCUT2D eigenvalue weighted by Gasteiger charge is -2.07. The summed E-state index contributed by atoms with van der Waals surface area (Å²) in [6.45, 7) is 15.6. The average molecular weight is 727 g/mol. The van der Waals surface area contributed by atoms with Crippen LogP contribution in [0.1, 0.15) is 36.8 Å². The van der Waals surface area contributed by atoms with Crippen LogP contribution in [0.3, 0.4) is 0 Å². The highest BCUT2D eigenvalue weighted by atomic mass is 32.2. The topological polar surface area (TPSA) is 143 Å². The zero-order chi connectivity index (χ0) is 36.8. The number of unbranched alkanes of at least 4 members (excludes halogenated alkanes) is 2. The van der Waals surface area contributed by atoms with Crippen molar-refractivity contribution < 1.29 is 42.9 Å². The van der Waals surface area contributed by atoms with E-state index in [-0.39, 0.29) is 29.5 Å². The molecule has 0 N–H and O–H groups in total. The van der Waals surface area contributed by atoms with Crippen LogP contribution >= 0.6 is 23.1 Å². The number of carbonyl (C=O) groups is 4. The van der Waals surface area contributed by atoms with E-state index in [0.29, 0.717) is 65.7 Å². The van der Waals surface area contributed by atoms with Crippen molar-refractivity contribution in [3.05, 3.63) is 120 Å². The molecular weight excluding hydrogens is 693 g/mol. The number of nitriles is 1. The number of ether oxygens (including phenoxy) is 5. The molecule has 0 unspecified atom stereocenters. The number of esters is 3. The van der Waals surface area contributed by atoms with Crippen LogP contribution in [0, 0.1) is 17.9 Å². The molecule has 262 valence electrons. The Labute approximate surface area is 304 Å². The van der Waals surface area contributed by atoms with Crippen LogP contribution < -0.4 is 14.2 Å². The highest BCUT2D eigenvalue weighted by Gasteiger charge is 2.17. The zero-order valence-corrected chi connectivity index (χ0v) is 29.2. The number of carbonyl (C=O) groups excluding carboxylic acids is 4. The molecule has 11 nitrogen and oxygen atoms in total. The van der Waals surface area contributed by atoms with Gasteiger partial charge in [0.1, 0.15) is 23.1 Å². The summed E-state index contributed by atoms with van der Waals surface area (Å²) in [5.41, 5.74) is 0.907. The third-order valence-corrected chi connectivity index (χ3v) is 8.41. The largest absolute Gasteiger partial charge is 0.494 e. The predicted octanol–water partition coefficient (Wildman–Crippen LogP) is 7.62. The number of rotatable bonds is 20. The number of hydrogen-bond acceptors (Lipinski definition) is 12. The van der Waals surface area contributed by atoms with E-state index in [1.165, 1.54) is 18.2 Å². The number of hydrogen-bond donors (Lipinski definition) is 0. The minimum Gasteiger partial charge on any atom is -0.494 e. The second kappa shape index (κ2) is 22.0. The quantitative estimate of drug-likeness (QED) is 0.0283.